The number of rotatable bonds is 5. The Kier molecular flexibility index (Phi) is 5.00. The van der Waals surface area contributed by atoms with E-state index in [1.807, 2.05) is 6.92 Å². The predicted molar refractivity (Wildman–Crippen MR) is 97.4 cm³/mol. The molecule has 5 heteroatoms. The molecule has 0 saturated carbocycles. The maximum atomic E-state index is 9.26. The van der Waals surface area contributed by atoms with E-state index < -0.39 is 0 Å². The van der Waals surface area contributed by atoms with E-state index in [-0.39, 0.29) is 12.6 Å². The summed E-state index contributed by atoms with van der Waals surface area (Å²) in [6.45, 7) is 7.18. The minimum absolute atomic E-state index is 0.0581. The zero-order chi connectivity index (χ0) is 17.1. The van der Waals surface area contributed by atoms with Crippen molar-refractivity contribution in [2.45, 2.75) is 52.2 Å². The molecule has 0 fully saturated rings. The molecular formula is C19H26N4O. The van der Waals surface area contributed by atoms with Gasteiger partial charge in [0.15, 0.2) is 0 Å². The van der Waals surface area contributed by atoms with Crippen LogP contribution in [0, 0.1) is 0 Å². The van der Waals surface area contributed by atoms with E-state index in [0.717, 1.165) is 30.9 Å². The van der Waals surface area contributed by atoms with E-state index in [9.17, 15) is 5.11 Å². The Hall–Kier alpha value is -2.14. The highest BCUT2D eigenvalue weighted by atomic mass is 16.3. The average Bonchev–Trinajstić information content (AvgIpc) is 2.60. The highest BCUT2D eigenvalue weighted by Gasteiger charge is 2.24. The number of nitrogens with one attached hydrogen (secondary N) is 1. The third-order valence-electron chi connectivity index (χ3n) is 4.58. The Balaban J connectivity index is 1.92. The van der Waals surface area contributed by atoms with E-state index in [4.69, 9.17) is 4.98 Å². The van der Waals surface area contributed by atoms with Crippen LogP contribution in [-0.4, -0.2) is 33.8 Å². The number of nitrogens with zero attached hydrogens (tertiary/aromatic N) is 3. The number of aliphatic hydroxyl groups excluding tert-OH is 1. The summed E-state index contributed by atoms with van der Waals surface area (Å²) in [6, 6.07) is 11.0. The van der Waals surface area contributed by atoms with Gasteiger partial charge in [0.1, 0.15) is 5.82 Å². The van der Waals surface area contributed by atoms with E-state index in [1.54, 1.807) is 0 Å². The predicted octanol–water partition coefficient (Wildman–Crippen LogP) is 2.78. The van der Waals surface area contributed by atoms with Gasteiger partial charge in [-0.3, -0.25) is 0 Å². The summed E-state index contributed by atoms with van der Waals surface area (Å²) in [7, 11) is 0. The Morgan fingerprint density at radius 2 is 2.04 bits per heavy atom. The van der Waals surface area contributed by atoms with Gasteiger partial charge in [-0.2, -0.15) is 4.98 Å². The zero-order valence-corrected chi connectivity index (χ0v) is 14.7. The van der Waals surface area contributed by atoms with E-state index in [1.165, 1.54) is 11.1 Å². The first-order chi connectivity index (χ1) is 11.6. The fourth-order valence-electron chi connectivity index (χ4n) is 3.13. The smallest absolute Gasteiger partial charge is 0.225 e. The molecule has 128 valence electrons. The summed E-state index contributed by atoms with van der Waals surface area (Å²) < 4.78 is 0. The van der Waals surface area contributed by atoms with Crippen molar-refractivity contribution in [3.8, 4) is 0 Å². The minimum Gasteiger partial charge on any atom is -0.394 e. The van der Waals surface area contributed by atoms with Crippen LogP contribution in [0.2, 0.25) is 0 Å². The van der Waals surface area contributed by atoms with Crippen LogP contribution in [0.15, 0.2) is 30.3 Å². The number of benzene rings is 1. The summed E-state index contributed by atoms with van der Waals surface area (Å²) in [5.74, 6) is 1.55. The summed E-state index contributed by atoms with van der Waals surface area (Å²) in [6.07, 6.45) is 1.88. The Morgan fingerprint density at radius 3 is 2.75 bits per heavy atom. The van der Waals surface area contributed by atoms with Gasteiger partial charge in [0, 0.05) is 30.4 Å². The molecule has 5 nitrogen and oxygen atoms in total. The van der Waals surface area contributed by atoms with Gasteiger partial charge in [0.25, 0.3) is 0 Å². The molecule has 2 aromatic rings. The first-order valence-corrected chi connectivity index (χ1v) is 8.69. The van der Waals surface area contributed by atoms with Crippen molar-refractivity contribution in [2.24, 2.45) is 0 Å². The van der Waals surface area contributed by atoms with Crippen molar-refractivity contribution in [2.75, 3.05) is 16.8 Å². The Labute approximate surface area is 143 Å². The first-order valence-electron chi connectivity index (χ1n) is 8.69. The molecule has 1 aromatic carbocycles. The number of hydrogen-bond donors (Lipinski definition) is 2. The lowest BCUT2D eigenvalue weighted by Gasteiger charge is -2.36. The highest BCUT2D eigenvalue weighted by Crippen LogP contribution is 2.28. The molecule has 0 amide bonds. The number of aliphatic hydroxyl groups is 1. The number of fused-ring (bicyclic) bond motifs is 1. The average molecular weight is 326 g/mol. The minimum atomic E-state index is -0.0653. The Morgan fingerprint density at radius 1 is 1.29 bits per heavy atom. The van der Waals surface area contributed by atoms with Crippen molar-refractivity contribution >= 4 is 11.8 Å². The topological polar surface area (TPSA) is 61.3 Å². The van der Waals surface area contributed by atoms with Crippen LogP contribution in [0.25, 0.3) is 0 Å². The Bertz CT molecular complexity index is 704. The lowest BCUT2D eigenvalue weighted by molar-refractivity contribution is 0.281. The lowest BCUT2D eigenvalue weighted by atomic mass is 9.95. The van der Waals surface area contributed by atoms with E-state index in [0.29, 0.717) is 12.0 Å². The van der Waals surface area contributed by atoms with Crippen LogP contribution >= 0.6 is 0 Å². The normalized spacial score (nSPS) is 18.2. The van der Waals surface area contributed by atoms with Gasteiger partial charge in [0.05, 0.1) is 6.61 Å². The van der Waals surface area contributed by atoms with Gasteiger partial charge in [-0.05, 0) is 37.8 Å². The molecule has 1 aliphatic rings. The maximum absolute atomic E-state index is 9.26. The monoisotopic (exact) mass is 326 g/mol. The molecule has 1 aliphatic heterocycles. The van der Waals surface area contributed by atoms with Crippen LogP contribution in [0.3, 0.4) is 0 Å². The molecule has 2 atom stereocenters. The summed E-state index contributed by atoms with van der Waals surface area (Å²) in [4.78, 5) is 11.6. The number of aromatic nitrogens is 2. The molecule has 2 heterocycles. The second-order valence-electron chi connectivity index (χ2n) is 6.57. The summed E-state index contributed by atoms with van der Waals surface area (Å²) in [5.41, 5.74) is 3.81. The van der Waals surface area contributed by atoms with Crippen molar-refractivity contribution in [1.82, 2.24) is 9.97 Å². The van der Waals surface area contributed by atoms with E-state index >= 15 is 0 Å². The van der Waals surface area contributed by atoms with Crippen molar-refractivity contribution in [1.29, 1.82) is 0 Å². The molecular weight excluding hydrogens is 300 g/mol. The molecule has 1 aromatic heterocycles. The fourth-order valence-corrected chi connectivity index (χ4v) is 3.13. The van der Waals surface area contributed by atoms with Gasteiger partial charge in [0.2, 0.25) is 5.95 Å². The van der Waals surface area contributed by atoms with Crippen LogP contribution < -0.4 is 10.2 Å². The number of anilines is 2. The molecule has 0 saturated heterocycles. The summed E-state index contributed by atoms with van der Waals surface area (Å²) in [5, 5.41) is 12.4. The highest BCUT2D eigenvalue weighted by molar-refractivity contribution is 5.49. The lowest BCUT2D eigenvalue weighted by Crippen LogP contribution is -2.39. The second-order valence-corrected chi connectivity index (χ2v) is 6.57. The molecule has 0 bridgehead atoms. The van der Waals surface area contributed by atoms with E-state index in [2.05, 4.69) is 59.4 Å². The molecule has 3 rings (SSSR count). The zero-order valence-electron chi connectivity index (χ0n) is 14.7. The van der Waals surface area contributed by atoms with Crippen molar-refractivity contribution in [3.05, 3.63) is 47.2 Å². The SMILES string of the molecule is CCc1cc(N2Cc3ccccc3C[C@@H]2C)nc(N[C@H](C)CO)n1. The maximum Gasteiger partial charge on any atom is 0.225 e. The van der Waals surface area contributed by atoms with Crippen LogP contribution in [-0.2, 0) is 19.4 Å². The third-order valence-corrected chi connectivity index (χ3v) is 4.58. The van der Waals surface area contributed by atoms with Crippen molar-refractivity contribution < 1.29 is 5.11 Å². The standard InChI is InChI=1S/C19H26N4O/c1-4-17-10-18(22-19(21-17)20-13(2)12-24)23-11-16-8-6-5-7-15(16)9-14(23)3/h5-8,10,13-14,24H,4,9,11-12H2,1-3H3,(H,20,21,22)/t13-,14+/m1/s1. The van der Waals surface area contributed by atoms with Crippen LogP contribution in [0.4, 0.5) is 11.8 Å². The van der Waals surface area contributed by atoms with Gasteiger partial charge in [-0.1, -0.05) is 31.2 Å². The van der Waals surface area contributed by atoms with Crippen LogP contribution in [0.1, 0.15) is 37.6 Å². The van der Waals surface area contributed by atoms with Gasteiger partial charge >= 0.3 is 0 Å². The van der Waals surface area contributed by atoms with Gasteiger partial charge in [-0.25, -0.2) is 4.98 Å². The molecule has 0 spiro atoms. The molecule has 2 N–H and O–H groups in total. The van der Waals surface area contributed by atoms with Crippen molar-refractivity contribution in [3.63, 3.8) is 0 Å². The number of aryl methyl sites for hydroxylation is 1. The largest absolute Gasteiger partial charge is 0.394 e. The van der Waals surface area contributed by atoms with Crippen LogP contribution in [0.5, 0.6) is 0 Å². The third kappa shape index (κ3) is 3.51. The molecule has 0 aliphatic carbocycles. The second kappa shape index (κ2) is 7.18. The molecule has 0 radical (unpaired) electrons. The summed E-state index contributed by atoms with van der Waals surface area (Å²) >= 11 is 0. The van der Waals surface area contributed by atoms with Gasteiger partial charge in [-0.15, -0.1) is 0 Å². The fraction of sp³-hybridized carbons (Fsp3) is 0.474. The molecule has 0 unspecified atom stereocenters. The quantitative estimate of drug-likeness (QED) is 0.885. The molecule has 24 heavy (non-hydrogen) atoms. The number of hydrogen-bond acceptors (Lipinski definition) is 5. The first kappa shape index (κ1) is 16.7. The van der Waals surface area contributed by atoms with Gasteiger partial charge < -0.3 is 15.3 Å².